The number of H-pyrrole nitrogens is 1. The fourth-order valence-corrected chi connectivity index (χ4v) is 6.77. The van der Waals surface area contributed by atoms with Crippen LogP contribution in [0.25, 0.3) is 16.9 Å². The number of nitrogens with one attached hydrogen (secondary N) is 2. The average molecular weight is 579 g/mol. The molecule has 11 nitrogen and oxygen atoms in total. The number of fused-ring (bicyclic) bond motifs is 1. The zero-order valence-electron chi connectivity index (χ0n) is 23.2. The Labute approximate surface area is 238 Å². The predicted molar refractivity (Wildman–Crippen MR) is 156 cm³/mol. The minimum Gasteiger partial charge on any atom is -0.493 e. The van der Waals surface area contributed by atoms with Crippen molar-refractivity contribution in [2.45, 2.75) is 50.3 Å². The van der Waals surface area contributed by atoms with Gasteiger partial charge in [-0.3, -0.25) is 9.52 Å². The van der Waals surface area contributed by atoms with Gasteiger partial charge in [0.05, 0.1) is 36.0 Å². The van der Waals surface area contributed by atoms with E-state index in [0.717, 1.165) is 50.3 Å². The lowest BCUT2D eigenvalue weighted by Gasteiger charge is -2.28. The van der Waals surface area contributed by atoms with E-state index in [1.807, 2.05) is 26.0 Å². The summed E-state index contributed by atoms with van der Waals surface area (Å²) in [5.74, 6) is 1.64. The van der Waals surface area contributed by atoms with Crippen molar-refractivity contribution in [3.8, 4) is 17.1 Å². The third kappa shape index (κ3) is 5.41. The third-order valence-corrected chi connectivity index (χ3v) is 9.11. The van der Waals surface area contributed by atoms with E-state index in [0.29, 0.717) is 48.0 Å². The highest BCUT2D eigenvalue weighted by Crippen LogP contribution is 2.35. The number of aryl methyl sites for hydroxylation is 1. The first-order valence-corrected chi connectivity index (χ1v) is 15.5. The molecule has 0 amide bonds. The van der Waals surface area contributed by atoms with E-state index < -0.39 is 10.0 Å². The molecule has 2 fully saturated rings. The Morgan fingerprint density at radius 2 is 1.83 bits per heavy atom. The van der Waals surface area contributed by atoms with Crippen LogP contribution in [0.3, 0.4) is 0 Å². The molecular weight excluding hydrogens is 544 g/mol. The molecule has 3 heterocycles. The first kappa shape index (κ1) is 27.3. The smallest absolute Gasteiger partial charge is 0.277 e. The maximum Gasteiger partial charge on any atom is 0.277 e. The second kappa shape index (κ2) is 11.2. The fourth-order valence-electron chi connectivity index (χ4n) is 5.68. The number of rotatable bonds is 8. The first-order valence-electron chi connectivity index (χ1n) is 14.1. The Kier molecular flexibility index (Phi) is 7.43. The van der Waals surface area contributed by atoms with Gasteiger partial charge in [0.15, 0.2) is 11.3 Å². The van der Waals surface area contributed by atoms with E-state index in [1.54, 1.807) is 22.7 Å². The number of benzene rings is 2. The normalized spacial score (nSPS) is 16.4. The molecule has 2 aromatic carbocycles. The van der Waals surface area contributed by atoms with Gasteiger partial charge < -0.3 is 19.4 Å². The van der Waals surface area contributed by atoms with Gasteiger partial charge in [0.2, 0.25) is 0 Å². The van der Waals surface area contributed by atoms with Crippen molar-refractivity contribution in [2.24, 2.45) is 0 Å². The second-order valence-corrected chi connectivity index (χ2v) is 12.1. The average Bonchev–Trinajstić information content (AvgIpc) is 3.62. The number of imidazole rings is 1. The molecule has 2 N–H and O–H groups in total. The Bertz CT molecular complexity index is 1720. The van der Waals surface area contributed by atoms with Gasteiger partial charge in [-0.25, -0.2) is 17.9 Å². The maximum absolute atomic E-state index is 13.5. The molecule has 0 atom stereocenters. The fraction of sp³-hybridized carbons (Fsp3) is 0.414. The van der Waals surface area contributed by atoms with Crippen LogP contribution in [0.5, 0.6) is 5.75 Å². The van der Waals surface area contributed by atoms with Crippen LogP contribution < -0.4 is 19.9 Å². The topological polar surface area (TPSA) is 131 Å². The van der Waals surface area contributed by atoms with Crippen LogP contribution in [-0.4, -0.2) is 60.9 Å². The number of aromatic amines is 1. The van der Waals surface area contributed by atoms with Gasteiger partial charge in [-0.05, 0) is 69.2 Å². The summed E-state index contributed by atoms with van der Waals surface area (Å²) in [7, 11) is -3.96. The second-order valence-electron chi connectivity index (χ2n) is 10.4. The standard InChI is InChI=1S/C29H34N6O5S/c1-3-40-25-13-12-23(41(37,38)33-21-8-10-22(11-9-21)34-14-16-39-17-15-34)18-24(25)27-31-29(36)26-19(2)30-28(35(26)32-27)20-6-4-5-7-20/h8-13,18,20,33H,3-7,14-17H2,1-2H3,(H,31,32,36). The molecule has 1 saturated heterocycles. The Balaban J connectivity index is 1.35. The maximum atomic E-state index is 13.5. The van der Waals surface area contributed by atoms with Gasteiger partial charge in [0, 0.05) is 30.4 Å². The molecule has 2 aromatic heterocycles. The van der Waals surface area contributed by atoms with E-state index in [4.69, 9.17) is 19.6 Å². The predicted octanol–water partition coefficient (Wildman–Crippen LogP) is 4.09. The van der Waals surface area contributed by atoms with E-state index in [1.165, 1.54) is 12.1 Å². The summed E-state index contributed by atoms with van der Waals surface area (Å²) >= 11 is 0. The van der Waals surface area contributed by atoms with Crippen molar-refractivity contribution in [1.29, 1.82) is 0 Å². The number of anilines is 2. The summed E-state index contributed by atoms with van der Waals surface area (Å²) in [6.07, 6.45) is 4.23. The van der Waals surface area contributed by atoms with E-state index in [2.05, 4.69) is 14.6 Å². The number of aromatic nitrogens is 4. The molecule has 0 spiro atoms. The van der Waals surface area contributed by atoms with Crippen molar-refractivity contribution >= 4 is 26.9 Å². The minimum atomic E-state index is -3.96. The highest BCUT2D eigenvalue weighted by molar-refractivity contribution is 7.92. The first-order chi connectivity index (χ1) is 19.8. The quantitative estimate of drug-likeness (QED) is 0.320. The molecule has 1 aliphatic carbocycles. The highest BCUT2D eigenvalue weighted by Gasteiger charge is 2.26. The highest BCUT2D eigenvalue weighted by atomic mass is 32.2. The van der Waals surface area contributed by atoms with Crippen LogP contribution in [0.4, 0.5) is 11.4 Å². The third-order valence-electron chi connectivity index (χ3n) is 7.73. The van der Waals surface area contributed by atoms with Crippen molar-refractivity contribution in [1.82, 2.24) is 19.6 Å². The van der Waals surface area contributed by atoms with Crippen LogP contribution in [-0.2, 0) is 14.8 Å². The van der Waals surface area contributed by atoms with Gasteiger partial charge in [-0.1, -0.05) is 12.8 Å². The van der Waals surface area contributed by atoms with E-state index >= 15 is 0 Å². The molecular formula is C29H34N6O5S. The molecule has 216 valence electrons. The monoisotopic (exact) mass is 578 g/mol. The zero-order valence-corrected chi connectivity index (χ0v) is 24.0. The summed E-state index contributed by atoms with van der Waals surface area (Å²) in [4.78, 5) is 23.0. The Morgan fingerprint density at radius 3 is 2.54 bits per heavy atom. The molecule has 0 bridgehead atoms. The van der Waals surface area contributed by atoms with Gasteiger partial charge in [0.1, 0.15) is 11.6 Å². The van der Waals surface area contributed by atoms with Crippen LogP contribution in [0, 0.1) is 6.92 Å². The van der Waals surface area contributed by atoms with Gasteiger partial charge in [-0.15, -0.1) is 5.10 Å². The summed E-state index contributed by atoms with van der Waals surface area (Å²) in [6.45, 7) is 6.94. The number of nitrogens with zero attached hydrogens (tertiary/aromatic N) is 4. The molecule has 12 heteroatoms. The summed E-state index contributed by atoms with van der Waals surface area (Å²) in [5.41, 5.74) is 2.52. The van der Waals surface area contributed by atoms with Gasteiger partial charge in [0.25, 0.3) is 15.6 Å². The molecule has 4 aromatic rings. The minimum absolute atomic E-state index is 0.0220. The van der Waals surface area contributed by atoms with Crippen molar-refractivity contribution in [3.63, 3.8) is 0 Å². The molecule has 1 aliphatic heterocycles. The zero-order chi connectivity index (χ0) is 28.6. The summed E-state index contributed by atoms with van der Waals surface area (Å²) in [5, 5.41) is 4.77. The number of hydrogen-bond donors (Lipinski definition) is 2. The molecule has 0 radical (unpaired) electrons. The van der Waals surface area contributed by atoms with E-state index in [-0.39, 0.29) is 22.2 Å². The number of hydrogen-bond acceptors (Lipinski definition) is 8. The molecule has 1 saturated carbocycles. The molecule has 41 heavy (non-hydrogen) atoms. The van der Waals surface area contributed by atoms with Crippen LogP contribution in [0.1, 0.15) is 50.0 Å². The lowest BCUT2D eigenvalue weighted by Crippen LogP contribution is -2.36. The van der Waals surface area contributed by atoms with Crippen LogP contribution in [0.15, 0.2) is 52.2 Å². The van der Waals surface area contributed by atoms with Crippen LogP contribution in [0.2, 0.25) is 0 Å². The van der Waals surface area contributed by atoms with Gasteiger partial charge >= 0.3 is 0 Å². The summed E-state index contributed by atoms with van der Waals surface area (Å²) < 4.78 is 42.5. The number of ether oxygens (including phenoxy) is 2. The van der Waals surface area contributed by atoms with Crippen molar-refractivity contribution < 1.29 is 17.9 Å². The van der Waals surface area contributed by atoms with Gasteiger partial charge in [-0.2, -0.15) is 0 Å². The Hall–Kier alpha value is -3.90. The largest absolute Gasteiger partial charge is 0.493 e. The van der Waals surface area contributed by atoms with E-state index in [9.17, 15) is 13.2 Å². The number of sulfonamides is 1. The molecule has 0 unspecified atom stereocenters. The molecule has 2 aliphatic rings. The van der Waals surface area contributed by atoms with Crippen molar-refractivity contribution in [2.75, 3.05) is 42.5 Å². The Morgan fingerprint density at radius 1 is 1.10 bits per heavy atom. The lowest BCUT2D eigenvalue weighted by atomic mass is 10.1. The molecule has 6 rings (SSSR count). The lowest BCUT2D eigenvalue weighted by molar-refractivity contribution is 0.122. The van der Waals surface area contributed by atoms with Crippen molar-refractivity contribution in [3.05, 3.63) is 64.3 Å². The number of morpholine rings is 1. The SMILES string of the molecule is CCOc1ccc(S(=O)(=O)Nc2ccc(N3CCOCC3)cc2)cc1-c1nn2c(C3CCCC3)nc(C)c2c(=O)[nH]1. The van der Waals surface area contributed by atoms with Crippen LogP contribution >= 0.6 is 0 Å². The summed E-state index contributed by atoms with van der Waals surface area (Å²) in [6, 6.07) is 11.8.